The van der Waals surface area contributed by atoms with Crippen LogP contribution < -0.4 is 5.32 Å². The lowest BCUT2D eigenvalue weighted by atomic mass is 10.2. The fourth-order valence-corrected chi connectivity index (χ4v) is 2.80. The number of benzene rings is 2. The maximum absolute atomic E-state index is 12.1. The lowest BCUT2D eigenvalue weighted by Crippen LogP contribution is -2.31. The van der Waals surface area contributed by atoms with Crippen LogP contribution in [0.25, 0.3) is 11.0 Å². The fourth-order valence-electron chi connectivity index (χ4n) is 2.31. The Balaban J connectivity index is 1.50. The average Bonchev–Trinajstić information content (AvgIpc) is 3.08. The van der Waals surface area contributed by atoms with Gasteiger partial charge >= 0.3 is 5.97 Å². The molecule has 0 aliphatic rings. The number of hydrogen-bond acceptors (Lipinski definition) is 5. The number of carbonyl (C=O) groups is 3. The summed E-state index contributed by atoms with van der Waals surface area (Å²) < 4.78 is 10.3. The maximum atomic E-state index is 12.1. The Labute approximate surface area is 164 Å². The summed E-state index contributed by atoms with van der Waals surface area (Å²) >= 11 is 11.7. The van der Waals surface area contributed by atoms with Crippen molar-refractivity contribution in [1.82, 2.24) is 5.32 Å². The molecule has 0 saturated carbocycles. The fraction of sp³-hybridized carbons (Fsp3) is 0.105. The molecule has 1 amide bonds. The van der Waals surface area contributed by atoms with Gasteiger partial charge < -0.3 is 14.5 Å². The van der Waals surface area contributed by atoms with Crippen LogP contribution in [-0.4, -0.2) is 30.8 Å². The number of Topliss-reactive ketones (excluding diaryl/α,β-unsaturated/α-hetero) is 1. The Hall–Kier alpha value is -2.83. The molecule has 3 rings (SSSR count). The van der Waals surface area contributed by atoms with Gasteiger partial charge in [0.25, 0.3) is 5.91 Å². The number of ether oxygens (including phenoxy) is 1. The van der Waals surface area contributed by atoms with Gasteiger partial charge in [-0.1, -0.05) is 41.4 Å². The Morgan fingerprint density at radius 2 is 1.81 bits per heavy atom. The number of para-hydroxylation sites is 1. The Morgan fingerprint density at radius 1 is 1.04 bits per heavy atom. The zero-order valence-corrected chi connectivity index (χ0v) is 15.3. The molecule has 138 valence electrons. The highest BCUT2D eigenvalue weighted by molar-refractivity contribution is 6.36. The molecular weight excluding hydrogens is 393 g/mol. The SMILES string of the molecule is O=C(CNC(=O)c1ccc(Cl)cc1Cl)OCC(=O)c1cc2ccccc2o1. The van der Waals surface area contributed by atoms with Crippen molar-refractivity contribution in [2.45, 2.75) is 0 Å². The van der Waals surface area contributed by atoms with E-state index in [1.54, 1.807) is 24.3 Å². The van der Waals surface area contributed by atoms with E-state index in [0.29, 0.717) is 10.6 Å². The minimum atomic E-state index is -0.766. The van der Waals surface area contributed by atoms with Crippen LogP contribution >= 0.6 is 23.2 Å². The van der Waals surface area contributed by atoms with Gasteiger partial charge in [-0.2, -0.15) is 0 Å². The van der Waals surface area contributed by atoms with Gasteiger partial charge in [-0.05, 0) is 30.3 Å². The number of esters is 1. The monoisotopic (exact) mass is 405 g/mol. The van der Waals surface area contributed by atoms with Crippen LogP contribution in [0.4, 0.5) is 0 Å². The molecule has 6 nitrogen and oxygen atoms in total. The van der Waals surface area contributed by atoms with Gasteiger partial charge in [0, 0.05) is 10.4 Å². The quantitative estimate of drug-likeness (QED) is 0.496. The third-order valence-electron chi connectivity index (χ3n) is 3.63. The molecule has 0 aliphatic heterocycles. The molecule has 0 aliphatic carbocycles. The standard InChI is InChI=1S/C19H13Cl2NO5/c20-12-5-6-13(14(21)8-12)19(25)22-9-18(24)26-10-15(23)17-7-11-3-1-2-4-16(11)27-17/h1-8H,9-10H2,(H,22,25). The molecule has 2 aromatic carbocycles. The first-order valence-corrected chi connectivity index (χ1v) is 8.60. The second kappa shape index (κ2) is 8.24. The molecule has 27 heavy (non-hydrogen) atoms. The number of ketones is 1. The Kier molecular flexibility index (Phi) is 5.78. The lowest BCUT2D eigenvalue weighted by Gasteiger charge is -2.07. The van der Waals surface area contributed by atoms with E-state index in [-0.39, 0.29) is 16.3 Å². The normalized spacial score (nSPS) is 10.6. The number of fused-ring (bicyclic) bond motifs is 1. The van der Waals surface area contributed by atoms with Gasteiger partial charge in [0.1, 0.15) is 12.1 Å². The molecule has 0 spiro atoms. The third-order valence-corrected chi connectivity index (χ3v) is 4.18. The minimum Gasteiger partial charge on any atom is -0.456 e. The van der Waals surface area contributed by atoms with Crippen molar-refractivity contribution in [3.05, 3.63) is 69.9 Å². The van der Waals surface area contributed by atoms with Crippen molar-refractivity contribution in [2.75, 3.05) is 13.2 Å². The van der Waals surface area contributed by atoms with Crippen LogP contribution in [0, 0.1) is 0 Å². The van der Waals surface area contributed by atoms with Crippen molar-refractivity contribution >= 4 is 51.8 Å². The Morgan fingerprint density at radius 3 is 2.56 bits per heavy atom. The van der Waals surface area contributed by atoms with Crippen molar-refractivity contribution < 1.29 is 23.5 Å². The number of nitrogens with one attached hydrogen (secondary N) is 1. The highest BCUT2D eigenvalue weighted by Crippen LogP contribution is 2.21. The van der Waals surface area contributed by atoms with Crippen LogP contribution in [0.1, 0.15) is 20.9 Å². The van der Waals surface area contributed by atoms with E-state index in [4.69, 9.17) is 32.4 Å². The lowest BCUT2D eigenvalue weighted by molar-refractivity contribution is -0.141. The van der Waals surface area contributed by atoms with Crippen molar-refractivity contribution in [3.8, 4) is 0 Å². The second-order valence-corrected chi connectivity index (χ2v) is 6.38. The molecule has 0 unspecified atom stereocenters. The average molecular weight is 406 g/mol. The molecular formula is C19H13Cl2NO5. The van der Waals surface area contributed by atoms with E-state index in [9.17, 15) is 14.4 Å². The third kappa shape index (κ3) is 4.67. The molecule has 0 atom stereocenters. The van der Waals surface area contributed by atoms with E-state index in [2.05, 4.69) is 5.32 Å². The molecule has 0 bridgehead atoms. The summed E-state index contributed by atoms with van der Waals surface area (Å²) in [6.45, 7) is -0.901. The van der Waals surface area contributed by atoms with E-state index >= 15 is 0 Å². The van der Waals surface area contributed by atoms with E-state index in [0.717, 1.165) is 5.39 Å². The summed E-state index contributed by atoms with van der Waals surface area (Å²) in [5.41, 5.74) is 0.742. The van der Waals surface area contributed by atoms with Crippen LogP contribution in [0.2, 0.25) is 10.0 Å². The second-order valence-electron chi connectivity index (χ2n) is 5.54. The van der Waals surface area contributed by atoms with Crippen LogP contribution in [-0.2, 0) is 9.53 Å². The first-order chi connectivity index (χ1) is 12.9. The van der Waals surface area contributed by atoms with Crippen LogP contribution in [0.15, 0.2) is 52.9 Å². The first-order valence-electron chi connectivity index (χ1n) is 7.84. The van der Waals surface area contributed by atoms with E-state index < -0.39 is 30.8 Å². The molecule has 1 N–H and O–H groups in total. The van der Waals surface area contributed by atoms with Crippen LogP contribution in [0.3, 0.4) is 0 Å². The van der Waals surface area contributed by atoms with Gasteiger partial charge in [-0.3, -0.25) is 14.4 Å². The number of hydrogen-bond donors (Lipinski definition) is 1. The van der Waals surface area contributed by atoms with Crippen molar-refractivity contribution in [2.24, 2.45) is 0 Å². The topological polar surface area (TPSA) is 85.6 Å². The van der Waals surface area contributed by atoms with E-state index in [1.165, 1.54) is 18.2 Å². The van der Waals surface area contributed by atoms with Crippen LogP contribution in [0.5, 0.6) is 0 Å². The number of furan rings is 1. The number of amides is 1. The molecule has 8 heteroatoms. The van der Waals surface area contributed by atoms with Gasteiger partial charge in [-0.15, -0.1) is 0 Å². The van der Waals surface area contributed by atoms with Gasteiger partial charge in [0.2, 0.25) is 5.78 Å². The number of halogens is 2. The highest BCUT2D eigenvalue weighted by atomic mass is 35.5. The van der Waals surface area contributed by atoms with E-state index in [1.807, 2.05) is 6.07 Å². The first kappa shape index (κ1) is 18.9. The summed E-state index contributed by atoms with van der Waals surface area (Å²) in [7, 11) is 0. The van der Waals surface area contributed by atoms with Gasteiger partial charge in [0.05, 0.1) is 10.6 Å². The zero-order valence-electron chi connectivity index (χ0n) is 13.8. The predicted octanol–water partition coefficient (Wildman–Crippen LogP) is 3.90. The molecule has 1 aromatic heterocycles. The zero-order chi connectivity index (χ0) is 19.4. The summed E-state index contributed by atoms with van der Waals surface area (Å²) in [4.78, 5) is 35.8. The maximum Gasteiger partial charge on any atom is 0.325 e. The summed E-state index contributed by atoms with van der Waals surface area (Å²) in [6, 6.07) is 13.1. The largest absolute Gasteiger partial charge is 0.456 e. The highest BCUT2D eigenvalue weighted by Gasteiger charge is 2.16. The van der Waals surface area contributed by atoms with Gasteiger partial charge in [0.15, 0.2) is 12.4 Å². The van der Waals surface area contributed by atoms with Crippen molar-refractivity contribution in [1.29, 1.82) is 0 Å². The minimum absolute atomic E-state index is 0.0981. The summed E-state index contributed by atoms with van der Waals surface area (Å²) in [5.74, 6) is -1.71. The summed E-state index contributed by atoms with van der Waals surface area (Å²) in [6.07, 6.45) is 0. The molecule has 0 radical (unpaired) electrons. The number of carbonyl (C=O) groups excluding carboxylic acids is 3. The molecule has 1 heterocycles. The molecule has 3 aromatic rings. The predicted molar refractivity (Wildman–Crippen MR) is 100 cm³/mol. The Bertz CT molecular complexity index is 995. The molecule has 0 fully saturated rings. The smallest absolute Gasteiger partial charge is 0.325 e. The molecule has 0 saturated heterocycles. The van der Waals surface area contributed by atoms with Gasteiger partial charge in [-0.25, -0.2) is 0 Å². The summed E-state index contributed by atoms with van der Waals surface area (Å²) in [5, 5.41) is 3.69. The van der Waals surface area contributed by atoms with Crippen molar-refractivity contribution in [3.63, 3.8) is 0 Å². The number of rotatable bonds is 6.